The van der Waals surface area contributed by atoms with Gasteiger partial charge in [0, 0.05) is 17.8 Å². The van der Waals surface area contributed by atoms with E-state index in [-0.39, 0.29) is 24.1 Å². The van der Waals surface area contributed by atoms with Crippen molar-refractivity contribution in [3.63, 3.8) is 0 Å². The molecule has 1 amide bonds. The van der Waals surface area contributed by atoms with Gasteiger partial charge >= 0.3 is 0 Å². The van der Waals surface area contributed by atoms with Crippen LogP contribution in [0, 0.1) is 0 Å². The topological polar surface area (TPSA) is 64.7 Å². The quantitative estimate of drug-likeness (QED) is 0.450. The predicted octanol–water partition coefficient (Wildman–Crippen LogP) is 4.89. The number of amides is 1. The van der Waals surface area contributed by atoms with E-state index in [0.717, 1.165) is 42.5 Å². The molecule has 1 fully saturated rings. The molecule has 174 valence electrons. The number of fused-ring (bicyclic) bond motifs is 1. The lowest BCUT2D eigenvalue weighted by Crippen LogP contribution is -2.40. The molecule has 2 heterocycles. The highest BCUT2D eigenvalue weighted by molar-refractivity contribution is 5.93. The minimum Gasteiger partial charge on any atom is -0.496 e. The SMILES string of the molecule is COc1ccccc1Cn1c(C(=O)NC2CCCCC2)cn2c(-c3ccccc3)ccc2c1=O. The van der Waals surface area contributed by atoms with E-state index in [4.69, 9.17) is 4.74 Å². The first-order valence-corrected chi connectivity index (χ1v) is 11.9. The van der Waals surface area contributed by atoms with Crippen molar-refractivity contribution < 1.29 is 9.53 Å². The molecule has 1 aliphatic rings. The number of hydrogen-bond acceptors (Lipinski definition) is 3. The zero-order valence-electron chi connectivity index (χ0n) is 19.4. The number of carbonyl (C=O) groups excluding carboxylic acids is 1. The van der Waals surface area contributed by atoms with Gasteiger partial charge in [0.1, 0.15) is 17.0 Å². The number of nitrogens with zero attached hydrogens (tertiary/aromatic N) is 2. The zero-order chi connectivity index (χ0) is 23.5. The van der Waals surface area contributed by atoms with Crippen LogP contribution >= 0.6 is 0 Å². The van der Waals surface area contributed by atoms with Crippen molar-refractivity contribution in [2.75, 3.05) is 7.11 Å². The van der Waals surface area contributed by atoms with E-state index < -0.39 is 0 Å². The summed E-state index contributed by atoms with van der Waals surface area (Å²) < 4.78 is 8.92. The Labute approximate surface area is 198 Å². The van der Waals surface area contributed by atoms with Crippen molar-refractivity contribution in [3.05, 3.63) is 94.5 Å². The third-order valence-corrected chi connectivity index (χ3v) is 6.69. The molecule has 4 aromatic rings. The summed E-state index contributed by atoms with van der Waals surface area (Å²) in [5, 5.41) is 3.19. The van der Waals surface area contributed by atoms with Gasteiger partial charge in [-0.1, -0.05) is 67.8 Å². The standard InChI is InChI=1S/C28H29N3O3/c1-34-26-15-9-8-12-21(26)18-31-25(27(32)29-22-13-6-3-7-14-22)19-30-23(16-17-24(30)28(31)33)20-10-4-2-5-11-20/h2,4-5,8-12,15-17,19,22H,3,6-7,13-14,18H2,1H3,(H,29,32). The molecule has 6 heteroatoms. The molecule has 0 saturated heterocycles. The fourth-order valence-corrected chi connectivity index (χ4v) is 4.89. The summed E-state index contributed by atoms with van der Waals surface area (Å²) in [5.41, 5.74) is 3.39. The van der Waals surface area contributed by atoms with Crippen LogP contribution in [0.15, 0.2) is 77.7 Å². The minimum atomic E-state index is -0.214. The third-order valence-electron chi connectivity index (χ3n) is 6.69. The normalized spacial score (nSPS) is 14.3. The van der Waals surface area contributed by atoms with E-state index in [1.165, 1.54) is 6.42 Å². The van der Waals surface area contributed by atoms with Crippen LogP contribution in [-0.2, 0) is 6.54 Å². The number of rotatable bonds is 6. The van der Waals surface area contributed by atoms with E-state index in [1.54, 1.807) is 17.9 Å². The van der Waals surface area contributed by atoms with Gasteiger partial charge in [-0.25, -0.2) is 0 Å². The smallest absolute Gasteiger partial charge is 0.275 e. The molecule has 0 unspecified atom stereocenters. The van der Waals surface area contributed by atoms with Gasteiger partial charge in [0.15, 0.2) is 0 Å². The number of methoxy groups -OCH3 is 1. The number of hydrogen-bond donors (Lipinski definition) is 1. The Balaban J connectivity index is 1.64. The van der Waals surface area contributed by atoms with Gasteiger partial charge in [0.05, 0.1) is 19.3 Å². The first-order valence-electron chi connectivity index (χ1n) is 11.9. The van der Waals surface area contributed by atoms with Crippen molar-refractivity contribution in [1.29, 1.82) is 0 Å². The lowest BCUT2D eigenvalue weighted by Gasteiger charge is -2.24. The van der Waals surface area contributed by atoms with Gasteiger partial charge in [-0.05, 0) is 36.6 Å². The Hall–Kier alpha value is -3.80. The molecular weight excluding hydrogens is 426 g/mol. The van der Waals surface area contributed by atoms with Crippen molar-refractivity contribution in [3.8, 4) is 17.0 Å². The molecule has 1 aliphatic carbocycles. The van der Waals surface area contributed by atoms with E-state index >= 15 is 0 Å². The average Bonchev–Trinajstić information content (AvgIpc) is 3.31. The molecule has 34 heavy (non-hydrogen) atoms. The number of ether oxygens (including phenoxy) is 1. The lowest BCUT2D eigenvalue weighted by atomic mass is 9.95. The summed E-state index contributed by atoms with van der Waals surface area (Å²) in [4.78, 5) is 27.2. The summed E-state index contributed by atoms with van der Waals surface area (Å²) in [6.45, 7) is 0.249. The Bertz CT molecular complexity index is 1360. The molecule has 5 rings (SSSR count). The predicted molar refractivity (Wildman–Crippen MR) is 134 cm³/mol. The van der Waals surface area contributed by atoms with Crippen LogP contribution in [0.5, 0.6) is 5.75 Å². The second kappa shape index (κ2) is 9.59. The van der Waals surface area contributed by atoms with Crippen LogP contribution in [-0.4, -0.2) is 28.0 Å². The third kappa shape index (κ3) is 4.23. The summed E-state index contributed by atoms with van der Waals surface area (Å²) >= 11 is 0. The van der Waals surface area contributed by atoms with Gasteiger partial charge in [0.2, 0.25) is 0 Å². The molecule has 1 saturated carbocycles. The van der Waals surface area contributed by atoms with E-state index in [2.05, 4.69) is 5.32 Å². The Morgan fingerprint density at radius 2 is 1.71 bits per heavy atom. The maximum atomic E-state index is 13.7. The molecule has 0 spiro atoms. The Morgan fingerprint density at radius 1 is 0.971 bits per heavy atom. The maximum absolute atomic E-state index is 13.7. The molecule has 0 bridgehead atoms. The largest absolute Gasteiger partial charge is 0.496 e. The van der Waals surface area contributed by atoms with Crippen molar-refractivity contribution in [2.45, 2.75) is 44.7 Å². The maximum Gasteiger partial charge on any atom is 0.275 e. The lowest BCUT2D eigenvalue weighted by molar-refractivity contribution is 0.0916. The fourth-order valence-electron chi connectivity index (χ4n) is 4.89. The summed E-state index contributed by atoms with van der Waals surface area (Å²) in [6.07, 6.45) is 7.20. The molecular formula is C28H29N3O3. The monoisotopic (exact) mass is 455 g/mol. The van der Waals surface area contributed by atoms with Gasteiger partial charge in [0.25, 0.3) is 11.5 Å². The molecule has 2 aromatic carbocycles. The van der Waals surface area contributed by atoms with E-state index in [0.29, 0.717) is 17.0 Å². The molecule has 0 aliphatic heterocycles. The molecule has 2 aromatic heterocycles. The first kappa shape index (κ1) is 22.0. The second-order valence-electron chi connectivity index (χ2n) is 8.87. The highest BCUT2D eigenvalue weighted by Gasteiger charge is 2.22. The van der Waals surface area contributed by atoms with Crippen LogP contribution in [0.25, 0.3) is 16.8 Å². The summed E-state index contributed by atoms with van der Waals surface area (Å²) in [7, 11) is 1.61. The highest BCUT2D eigenvalue weighted by atomic mass is 16.5. The number of aromatic nitrogens is 2. The van der Waals surface area contributed by atoms with Crippen LogP contribution in [0.4, 0.5) is 0 Å². The fraction of sp³-hybridized carbons (Fsp3) is 0.286. The van der Waals surface area contributed by atoms with Crippen LogP contribution in [0.3, 0.4) is 0 Å². The number of nitrogens with one attached hydrogen (secondary N) is 1. The Morgan fingerprint density at radius 3 is 2.47 bits per heavy atom. The van der Waals surface area contributed by atoms with E-state index in [9.17, 15) is 9.59 Å². The zero-order valence-corrected chi connectivity index (χ0v) is 19.4. The van der Waals surface area contributed by atoms with E-state index in [1.807, 2.05) is 71.1 Å². The van der Waals surface area contributed by atoms with Crippen LogP contribution in [0.2, 0.25) is 0 Å². The van der Waals surface area contributed by atoms with Crippen molar-refractivity contribution in [2.24, 2.45) is 0 Å². The summed E-state index contributed by atoms with van der Waals surface area (Å²) in [5.74, 6) is 0.474. The molecule has 0 radical (unpaired) electrons. The number of benzene rings is 2. The minimum absolute atomic E-state index is 0.144. The first-order chi connectivity index (χ1) is 16.7. The highest BCUT2D eigenvalue weighted by Crippen LogP contribution is 2.24. The van der Waals surface area contributed by atoms with Gasteiger partial charge in [-0.3, -0.25) is 14.2 Å². The average molecular weight is 456 g/mol. The number of carbonyl (C=O) groups is 1. The van der Waals surface area contributed by atoms with Gasteiger partial charge in [-0.2, -0.15) is 0 Å². The Kier molecular flexibility index (Phi) is 6.21. The molecule has 6 nitrogen and oxygen atoms in total. The summed E-state index contributed by atoms with van der Waals surface area (Å²) in [6, 6.07) is 21.4. The van der Waals surface area contributed by atoms with Crippen molar-refractivity contribution in [1.82, 2.24) is 14.3 Å². The van der Waals surface area contributed by atoms with Gasteiger partial charge in [-0.15, -0.1) is 0 Å². The molecule has 0 atom stereocenters. The van der Waals surface area contributed by atoms with Gasteiger partial charge < -0.3 is 14.5 Å². The number of para-hydroxylation sites is 1. The van der Waals surface area contributed by atoms with Crippen molar-refractivity contribution >= 4 is 11.4 Å². The van der Waals surface area contributed by atoms with Crippen LogP contribution in [0.1, 0.15) is 48.2 Å². The molecule has 1 N–H and O–H groups in total. The van der Waals surface area contributed by atoms with Crippen LogP contribution < -0.4 is 15.6 Å². The second-order valence-corrected chi connectivity index (χ2v) is 8.87.